The van der Waals surface area contributed by atoms with E-state index in [1.54, 1.807) is 23.1 Å². The van der Waals surface area contributed by atoms with Gasteiger partial charge >= 0.3 is 0 Å². The molecular formula is C18H19N7OS. The first-order valence-electron chi connectivity index (χ1n) is 8.05. The van der Waals surface area contributed by atoms with Crippen molar-refractivity contribution in [2.45, 2.75) is 4.90 Å². The molecule has 0 aliphatic heterocycles. The molecule has 138 valence electrons. The fourth-order valence-corrected chi connectivity index (χ4v) is 2.73. The molecule has 3 rings (SSSR count). The van der Waals surface area contributed by atoms with Crippen molar-refractivity contribution < 1.29 is 4.79 Å². The van der Waals surface area contributed by atoms with Crippen molar-refractivity contribution in [1.82, 2.24) is 19.7 Å². The van der Waals surface area contributed by atoms with Crippen molar-refractivity contribution in [3.8, 4) is 0 Å². The largest absolute Gasteiger partial charge is 0.339 e. The predicted molar refractivity (Wildman–Crippen MR) is 109 cm³/mol. The van der Waals surface area contributed by atoms with E-state index in [9.17, 15) is 4.79 Å². The number of rotatable bonds is 7. The number of carbonyl (C=O) groups is 1. The number of benzene rings is 1. The van der Waals surface area contributed by atoms with Gasteiger partial charge in [-0.15, -0.1) is 11.8 Å². The van der Waals surface area contributed by atoms with Crippen molar-refractivity contribution in [2.24, 2.45) is 7.05 Å². The molecule has 1 amide bonds. The number of nitrogens with zero attached hydrogens (tertiary/aromatic N) is 4. The van der Waals surface area contributed by atoms with E-state index < -0.39 is 0 Å². The standard InChI is InChI=1S/C18H19N7OS/c1-4-16(26)21-12-6-5-7-13(10-12)22-17-14(27-3)11-19-18(24-17)23-15-8-9-20-25(15)2/h4-11H,1H2,2-3H3,(H,21,26)(H2,19,22,23,24). The van der Waals surface area contributed by atoms with Crippen LogP contribution in [0, 0.1) is 0 Å². The summed E-state index contributed by atoms with van der Waals surface area (Å²) in [6.45, 7) is 3.46. The lowest BCUT2D eigenvalue weighted by Crippen LogP contribution is -2.08. The zero-order valence-electron chi connectivity index (χ0n) is 14.9. The molecule has 0 saturated heterocycles. The number of nitrogens with one attached hydrogen (secondary N) is 3. The van der Waals surface area contributed by atoms with Gasteiger partial charge in [0.15, 0.2) is 0 Å². The smallest absolute Gasteiger partial charge is 0.247 e. The lowest BCUT2D eigenvalue weighted by atomic mass is 10.2. The summed E-state index contributed by atoms with van der Waals surface area (Å²) in [7, 11) is 1.83. The molecule has 3 aromatic rings. The van der Waals surface area contributed by atoms with Crippen LogP contribution in [0.15, 0.2) is 60.3 Å². The van der Waals surface area contributed by atoms with Gasteiger partial charge < -0.3 is 16.0 Å². The highest BCUT2D eigenvalue weighted by Crippen LogP contribution is 2.28. The number of carbonyl (C=O) groups excluding carboxylic acids is 1. The highest BCUT2D eigenvalue weighted by molar-refractivity contribution is 7.98. The molecule has 1 aromatic carbocycles. The SMILES string of the molecule is C=CC(=O)Nc1cccc(Nc2nc(Nc3ccnn3C)ncc2SC)c1. The maximum Gasteiger partial charge on any atom is 0.247 e. The molecule has 8 nitrogen and oxygen atoms in total. The number of amides is 1. The second kappa shape index (κ2) is 8.37. The fraction of sp³-hybridized carbons (Fsp3) is 0.111. The molecule has 0 saturated carbocycles. The Labute approximate surface area is 161 Å². The molecule has 27 heavy (non-hydrogen) atoms. The van der Waals surface area contributed by atoms with Crippen LogP contribution in [0.25, 0.3) is 0 Å². The average molecular weight is 381 g/mol. The van der Waals surface area contributed by atoms with Gasteiger partial charge in [-0.3, -0.25) is 9.48 Å². The quantitative estimate of drug-likeness (QED) is 0.425. The molecule has 0 atom stereocenters. The Balaban J connectivity index is 1.84. The summed E-state index contributed by atoms with van der Waals surface area (Å²) >= 11 is 1.54. The topological polar surface area (TPSA) is 96.8 Å². The lowest BCUT2D eigenvalue weighted by molar-refractivity contribution is -0.111. The number of hydrogen-bond donors (Lipinski definition) is 3. The number of aryl methyl sites for hydroxylation is 1. The third-order valence-electron chi connectivity index (χ3n) is 3.61. The maximum absolute atomic E-state index is 11.5. The number of anilines is 5. The Hall–Kier alpha value is -3.33. The van der Waals surface area contributed by atoms with Crippen molar-refractivity contribution in [2.75, 3.05) is 22.2 Å². The maximum atomic E-state index is 11.5. The Morgan fingerprint density at radius 3 is 2.78 bits per heavy atom. The third-order valence-corrected chi connectivity index (χ3v) is 4.35. The van der Waals surface area contributed by atoms with Gasteiger partial charge in [-0.25, -0.2) is 4.98 Å². The molecule has 3 N–H and O–H groups in total. The van der Waals surface area contributed by atoms with Gasteiger partial charge in [-0.05, 0) is 30.5 Å². The molecule has 0 spiro atoms. The van der Waals surface area contributed by atoms with Gasteiger partial charge in [0.05, 0.1) is 11.1 Å². The van der Waals surface area contributed by atoms with Gasteiger partial charge in [0.25, 0.3) is 0 Å². The van der Waals surface area contributed by atoms with E-state index in [-0.39, 0.29) is 5.91 Å². The van der Waals surface area contributed by atoms with Crippen LogP contribution in [0.5, 0.6) is 0 Å². The average Bonchev–Trinajstić information content (AvgIpc) is 3.07. The minimum absolute atomic E-state index is 0.262. The lowest BCUT2D eigenvalue weighted by Gasteiger charge is -2.13. The van der Waals surface area contributed by atoms with Crippen molar-refractivity contribution >= 4 is 46.6 Å². The van der Waals surface area contributed by atoms with E-state index in [1.807, 2.05) is 37.6 Å². The van der Waals surface area contributed by atoms with E-state index in [2.05, 4.69) is 37.6 Å². The Bertz CT molecular complexity index is 970. The first-order valence-corrected chi connectivity index (χ1v) is 9.28. The van der Waals surface area contributed by atoms with E-state index in [0.717, 1.165) is 16.4 Å². The molecule has 0 radical (unpaired) electrons. The molecule has 2 heterocycles. The monoisotopic (exact) mass is 381 g/mol. The van der Waals surface area contributed by atoms with Gasteiger partial charge in [0.1, 0.15) is 11.6 Å². The fourth-order valence-electron chi connectivity index (χ4n) is 2.29. The van der Waals surface area contributed by atoms with Crippen LogP contribution in [0.3, 0.4) is 0 Å². The van der Waals surface area contributed by atoms with Crippen LogP contribution in [-0.4, -0.2) is 31.9 Å². The molecule has 2 aromatic heterocycles. The minimum Gasteiger partial charge on any atom is -0.339 e. The minimum atomic E-state index is -0.262. The van der Waals surface area contributed by atoms with Gasteiger partial charge in [0.2, 0.25) is 11.9 Å². The molecule has 0 fully saturated rings. The number of hydrogen-bond acceptors (Lipinski definition) is 7. The van der Waals surface area contributed by atoms with Gasteiger partial charge in [-0.2, -0.15) is 10.1 Å². The second-order valence-electron chi connectivity index (χ2n) is 5.47. The van der Waals surface area contributed by atoms with Crippen LogP contribution < -0.4 is 16.0 Å². The summed E-state index contributed by atoms with van der Waals surface area (Å²) in [5, 5.41) is 13.3. The molecule has 0 bridgehead atoms. The molecule has 9 heteroatoms. The summed E-state index contributed by atoms with van der Waals surface area (Å²) < 4.78 is 1.70. The highest BCUT2D eigenvalue weighted by Gasteiger charge is 2.09. The van der Waals surface area contributed by atoms with Crippen molar-refractivity contribution in [1.29, 1.82) is 0 Å². The van der Waals surface area contributed by atoms with Crippen LogP contribution in [-0.2, 0) is 11.8 Å². The number of thioether (sulfide) groups is 1. The molecule has 0 unspecified atom stereocenters. The van der Waals surface area contributed by atoms with E-state index in [4.69, 9.17) is 0 Å². The summed E-state index contributed by atoms with van der Waals surface area (Å²) in [4.78, 5) is 21.3. The van der Waals surface area contributed by atoms with Gasteiger partial charge in [0, 0.05) is 30.7 Å². The highest BCUT2D eigenvalue weighted by atomic mass is 32.2. The van der Waals surface area contributed by atoms with Gasteiger partial charge in [-0.1, -0.05) is 12.6 Å². The number of aromatic nitrogens is 4. The normalized spacial score (nSPS) is 10.3. The summed E-state index contributed by atoms with van der Waals surface area (Å²) in [6, 6.07) is 9.20. The molecule has 0 aliphatic rings. The van der Waals surface area contributed by atoms with E-state index >= 15 is 0 Å². The van der Waals surface area contributed by atoms with Crippen LogP contribution in [0.1, 0.15) is 0 Å². The van der Waals surface area contributed by atoms with Crippen LogP contribution in [0.4, 0.5) is 29.0 Å². The van der Waals surface area contributed by atoms with Crippen LogP contribution in [0.2, 0.25) is 0 Å². The Morgan fingerprint density at radius 1 is 1.26 bits per heavy atom. The summed E-state index contributed by atoms with van der Waals surface area (Å²) in [5.41, 5.74) is 1.45. The van der Waals surface area contributed by atoms with E-state index in [0.29, 0.717) is 17.5 Å². The second-order valence-corrected chi connectivity index (χ2v) is 6.32. The zero-order valence-corrected chi connectivity index (χ0v) is 15.7. The molecular weight excluding hydrogens is 362 g/mol. The zero-order chi connectivity index (χ0) is 19.2. The van der Waals surface area contributed by atoms with Crippen LogP contribution >= 0.6 is 11.8 Å². The summed E-state index contributed by atoms with van der Waals surface area (Å²) in [5.74, 6) is 1.64. The Kier molecular flexibility index (Phi) is 5.72. The third kappa shape index (κ3) is 4.64. The van der Waals surface area contributed by atoms with Crippen molar-refractivity contribution in [3.63, 3.8) is 0 Å². The first kappa shape index (κ1) is 18.5. The predicted octanol–water partition coefficient (Wildman–Crippen LogP) is 3.54. The summed E-state index contributed by atoms with van der Waals surface area (Å²) in [6.07, 6.45) is 6.63. The van der Waals surface area contributed by atoms with Crippen molar-refractivity contribution in [3.05, 3.63) is 55.4 Å². The first-order chi connectivity index (χ1) is 13.1. The molecule has 0 aliphatic carbocycles. The van der Waals surface area contributed by atoms with E-state index in [1.165, 1.54) is 17.8 Å². The Morgan fingerprint density at radius 2 is 2.07 bits per heavy atom.